The molecule has 1 aliphatic heterocycles. The number of halogens is 1. The van der Waals surface area contributed by atoms with Crippen LogP contribution in [0, 0.1) is 0 Å². The van der Waals surface area contributed by atoms with Crippen LogP contribution in [-0.2, 0) is 20.6 Å². The van der Waals surface area contributed by atoms with E-state index < -0.39 is 59.1 Å². The summed E-state index contributed by atoms with van der Waals surface area (Å²) in [5.41, 5.74) is -1.22. The van der Waals surface area contributed by atoms with E-state index in [9.17, 15) is 29.7 Å². The second-order valence-electron chi connectivity index (χ2n) is 12.0. The molecule has 1 amide bonds. The van der Waals surface area contributed by atoms with Gasteiger partial charge in [0, 0.05) is 18.9 Å². The summed E-state index contributed by atoms with van der Waals surface area (Å²) in [5, 5.41) is 34.5. The lowest BCUT2D eigenvalue weighted by atomic mass is 9.89. The molecule has 13 nitrogen and oxygen atoms in total. The molecule has 0 bridgehead atoms. The van der Waals surface area contributed by atoms with Crippen molar-refractivity contribution in [3.63, 3.8) is 0 Å². The maximum absolute atomic E-state index is 13.1. The highest BCUT2D eigenvalue weighted by Crippen LogP contribution is 2.41. The summed E-state index contributed by atoms with van der Waals surface area (Å²) in [6, 6.07) is 10.0. The number of nitrogens with one attached hydrogen (secondary N) is 2. The highest BCUT2D eigenvalue weighted by molar-refractivity contribution is 6.36. The minimum absolute atomic E-state index is 0.00566. The maximum Gasteiger partial charge on any atom is 0.364 e. The summed E-state index contributed by atoms with van der Waals surface area (Å²) in [7, 11) is 1.39. The number of aliphatic hydroxyl groups is 1. The number of rotatable bonds is 9. The van der Waals surface area contributed by atoms with E-state index in [1.54, 1.807) is 26.1 Å². The summed E-state index contributed by atoms with van der Waals surface area (Å²) < 4.78 is 28.5. The van der Waals surface area contributed by atoms with Crippen molar-refractivity contribution in [1.82, 2.24) is 4.98 Å². The molecule has 0 spiro atoms. The van der Waals surface area contributed by atoms with Crippen LogP contribution >= 0.6 is 11.6 Å². The number of ether oxygens (including phenoxy) is 4. The first-order valence-corrected chi connectivity index (χ1v) is 15.2. The van der Waals surface area contributed by atoms with Crippen LogP contribution in [-0.4, -0.2) is 69.5 Å². The van der Waals surface area contributed by atoms with Gasteiger partial charge in [0.25, 0.3) is 5.91 Å². The van der Waals surface area contributed by atoms with Gasteiger partial charge in [0.15, 0.2) is 29.2 Å². The Morgan fingerprint density at radius 1 is 1.15 bits per heavy atom. The summed E-state index contributed by atoms with van der Waals surface area (Å²) in [6.45, 7) is 7.14. The number of methoxy groups -OCH3 is 1. The minimum atomic E-state index is -1.56. The molecule has 0 unspecified atom stereocenters. The number of fused-ring (bicyclic) bond motifs is 1. The fraction of sp³-hybridized carbons (Fsp3) is 0.324. The van der Waals surface area contributed by atoms with Gasteiger partial charge in [-0.05, 0) is 82.1 Å². The van der Waals surface area contributed by atoms with Crippen LogP contribution in [0.1, 0.15) is 54.1 Å². The second-order valence-corrected chi connectivity index (χ2v) is 12.3. The van der Waals surface area contributed by atoms with Crippen molar-refractivity contribution in [2.24, 2.45) is 0 Å². The molecule has 5 rings (SSSR count). The van der Waals surface area contributed by atoms with E-state index >= 15 is 0 Å². The van der Waals surface area contributed by atoms with E-state index in [1.165, 1.54) is 43.5 Å². The predicted octanol–water partition coefficient (Wildman–Crippen LogP) is 5.06. The summed E-state index contributed by atoms with van der Waals surface area (Å²) in [6.07, 6.45) is -1.31. The molecule has 2 aromatic carbocycles. The standard InChI is InChI=1S/C34H35ClN2O11/c1-16(2)8-9-17-15-18(10-12-21(17)38)30(41)37-24-25(39)19-11-13-22(23(35)27(19)46-32(24)43)45-33-26(40)28(29(44-5)34(3,4)48-33)47-31(42)20-7-6-14-36-20/h6-8,10-15,26,28-29,33,36,38-40H,9H2,1-5H3,(H,37,41)/t26-,28+,29-,33-/m1/s1. The lowest BCUT2D eigenvalue weighted by Gasteiger charge is -2.47. The Labute approximate surface area is 279 Å². The number of H-pyrrole nitrogens is 1. The fourth-order valence-corrected chi connectivity index (χ4v) is 5.62. The summed E-state index contributed by atoms with van der Waals surface area (Å²) in [4.78, 5) is 41.6. The zero-order valence-corrected chi connectivity index (χ0v) is 27.5. The Morgan fingerprint density at radius 3 is 2.56 bits per heavy atom. The molecule has 0 radical (unpaired) electrons. The highest BCUT2D eigenvalue weighted by Gasteiger charge is 2.53. The smallest absolute Gasteiger partial charge is 0.364 e. The van der Waals surface area contributed by atoms with Gasteiger partial charge in [-0.15, -0.1) is 0 Å². The molecular formula is C34H35ClN2O11. The molecule has 1 fully saturated rings. The minimum Gasteiger partial charge on any atom is -0.508 e. The number of aliphatic hydroxyl groups excluding tert-OH is 1. The number of hydrogen-bond acceptors (Lipinski definition) is 11. The van der Waals surface area contributed by atoms with Crippen molar-refractivity contribution in [1.29, 1.82) is 0 Å². The molecule has 2 aromatic heterocycles. The van der Waals surface area contributed by atoms with Crippen LogP contribution in [0.4, 0.5) is 5.69 Å². The molecule has 48 heavy (non-hydrogen) atoms. The number of aromatic hydroxyl groups is 2. The number of allylic oxidation sites excluding steroid dienone is 2. The van der Waals surface area contributed by atoms with Crippen LogP contribution in [0.25, 0.3) is 11.0 Å². The van der Waals surface area contributed by atoms with Gasteiger partial charge in [-0.1, -0.05) is 23.3 Å². The quantitative estimate of drug-likeness (QED) is 0.0901. The Hall–Kier alpha value is -4.82. The number of anilines is 1. The zero-order chi connectivity index (χ0) is 34.9. The van der Waals surface area contributed by atoms with E-state index in [1.807, 2.05) is 19.9 Å². The van der Waals surface area contributed by atoms with Crippen LogP contribution in [0.15, 0.2) is 69.5 Å². The zero-order valence-electron chi connectivity index (χ0n) is 26.7. The van der Waals surface area contributed by atoms with Crippen molar-refractivity contribution in [3.05, 3.63) is 92.6 Å². The maximum atomic E-state index is 13.1. The number of aromatic nitrogens is 1. The van der Waals surface area contributed by atoms with Crippen molar-refractivity contribution in [2.45, 2.75) is 64.3 Å². The number of carbonyl (C=O) groups is 2. The largest absolute Gasteiger partial charge is 0.508 e. The third kappa shape index (κ3) is 6.90. The van der Waals surface area contributed by atoms with Gasteiger partial charge in [-0.25, -0.2) is 9.59 Å². The average Bonchev–Trinajstić information content (AvgIpc) is 3.58. The fourth-order valence-electron chi connectivity index (χ4n) is 5.37. The molecule has 3 heterocycles. The number of aromatic amines is 1. The van der Waals surface area contributed by atoms with E-state index in [0.717, 1.165) is 5.57 Å². The number of carbonyl (C=O) groups excluding carboxylic acids is 2. The molecule has 0 aliphatic carbocycles. The number of phenols is 1. The molecule has 4 aromatic rings. The number of phenolic OH excluding ortho intramolecular Hbond substituents is 1. The molecule has 254 valence electrons. The first-order valence-electron chi connectivity index (χ1n) is 14.9. The molecule has 4 atom stereocenters. The van der Waals surface area contributed by atoms with Crippen LogP contribution in [0.5, 0.6) is 17.2 Å². The Balaban J connectivity index is 1.40. The molecule has 1 aliphatic rings. The first-order chi connectivity index (χ1) is 22.7. The lowest BCUT2D eigenvalue weighted by Crippen LogP contribution is -2.65. The summed E-state index contributed by atoms with van der Waals surface area (Å²) in [5.74, 6) is -2.16. The number of esters is 1. The summed E-state index contributed by atoms with van der Waals surface area (Å²) >= 11 is 6.57. The first kappa shape index (κ1) is 34.5. The molecular weight excluding hydrogens is 648 g/mol. The third-order valence-electron chi connectivity index (χ3n) is 7.84. The normalized spacial score (nSPS) is 20.2. The van der Waals surface area contributed by atoms with Crippen molar-refractivity contribution >= 4 is 40.1 Å². The van der Waals surface area contributed by atoms with Crippen LogP contribution < -0.4 is 15.7 Å². The predicted molar refractivity (Wildman–Crippen MR) is 175 cm³/mol. The van der Waals surface area contributed by atoms with Gasteiger partial charge in [0.2, 0.25) is 6.29 Å². The van der Waals surface area contributed by atoms with Crippen molar-refractivity contribution in [3.8, 4) is 17.2 Å². The van der Waals surface area contributed by atoms with Gasteiger partial charge in [-0.2, -0.15) is 0 Å². The van der Waals surface area contributed by atoms with Gasteiger partial charge >= 0.3 is 11.6 Å². The third-order valence-corrected chi connectivity index (χ3v) is 8.20. The highest BCUT2D eigenvalue weighted by atomic mass is 35.5. The van der Waals surface area contributed by atoms with E-state index in [-0.39, 0.29) is 38.7 Å². The van der Waals surface area contributed by atoms with Gasteiger partial charge < -0.3 is 49.0 Å². The number of amides is 1. The Bertz CT molecular complexity index is 1930. The van der Waals surface area contributed by atoms with E-state index in [4.69, 9.17) is 35.0 Å². The monoisotopic (exact) mass is 682 g/mol. The number of hydrogen-bond donors (Lipinski definition) is 5. The van der Waals surface area contributed by atoms with Gasteiger partial charge in [-0.3, -0.25) is 4.79 Å². The van der Waals surface area contributed by atoms with Gasteiger partial charge in [0.1, 0.15) is 28.3 Å². The van der Waals surface area contributed by atoms with Gasteiger partial charge in [0.05, 0.1) is 11.0 Å². The molecule has 5 N–H and O–H groups in total. The number of benzene rings is 2. The van der Waals surface area contributed by atoms with E-state index in [2.05, 4.69) is 10.3 Å². The van der Waals surface area contributed by atoms with Crippen LogP contribution in [0.3, 0.4) is 0 Å². The average molecular weight is 683 g/mol. The SMILES string of the molecule is CO[C@@H]1[C@@H](OC(=O)c2ccc[nH]2)[C@@H](O)[C@H](Oc2ccc3c(O)c(NC(=O)c4ccc(O)c(CC=C(C)C)c4)c(=O)oc3c2Cl)OC1(C)C. The molecule has 14 heteroatoms. The molecule has 0 saturated carbocycles. The van der Waals surface area contributed by atoms with Crippen LogP contribution in [0.2, 0.25) is 5.02 Å². The second kappa shape index (κ2) is 13.7. The lowest BCUT2D eigenvalue weighted by molar-refractivity contribution is -0.305. The Morgan fingerprint density at radius 2 is 1.90 bits per heavy atom. The van der Waals surface area contributed by atoms with Crippen molar-refractivity contribution in [2.75, 3.05) is 12.4 Å². The topological polar surface area (TPSA) is 190 Å². The van der Waals surface area contributed by atoms with Crippen molar-refractivity contribution < 1.29 is 48.3 Å². The molecule has 1 saturated heterocycles. The van der Waals surface area contributed by atoms with E-state index in [0.29, 0.717) is 12.0 Å². The Kier molecular flexibility index (Phi) is 9.87.